The minimum atomic E-state index is 0.0323. The van der Waals surface area contributed by atoms with Gasteiger partial charge in [0.1, 0.15) is 11.3 Å². The van der Waals surface area contributed by atoms with E-state index in [4.69, 9.17) is 19.4 Å². The molecule has 0 radical (unpaired) electrons. The standard InChI is InChI=1S/C63H42N4O/c1-4-14-41(15-5-1)44-26-28-46(29-27-44)49-21-13-23-52(39-49)67-55-25-11-10-24-53(55)59-56(67)35-37-58-60(59)54-40-51(34-36-57(54)68-58)63-65-61(47-32-30-45(31-33-47)42-16-6-2-7-17-42)64-62(66-63)50-22-12-20-48(38-50)43-18-8-3-9-19-43/h1-40,56,59H. The molecule has 1 aliphatic heterocycles. The molecule has 2 aromatic heterocycles. The van der Waals surface area contributed by atoms with E-state index >= 15 is 0 Å². The zero-order valence-electron chi connectivity index (χ0n) is 36.9. The fraction of sp³-hybridized carbons (Fsp3) is 0.0317. The third-order valence-electron chi connectivity index (χ3n) is 13.5. The van der Waals surface area contributed by atoms with Crippen LogP contribution in [0.2, 0.25) is 0 Å². The lowest BCUT2D eigenvalue weighted by molar-refractivity contribution is 0.584. The van der Waals surface area contributed by atoms with Crippen LogP contribution in [0.25, 0.3) is 95.7 Å². The van der Waals surface area contributed by atoms with Crippen LogP contribution >= 0.6 is 0 Å². The van der Waals surface area contributed by atoms with Gasteiger partial charge in [-0.15, -0.1) is 0 Å². The number of nitrogens with zero attached hydrogens (tertiary/aromatic N) is 4. The van der Waals surface area contributed by atoms with E-state index < -0.39 is 0 Å². The maximum atomic E-state index is 6.69. The number of fused-ring (bicyclic) bond motifs is 7. The predicted octanol–water partition coefficient (Wildman–Crippen LogP) is 16.0. The summed E-state index contributed by atoms with van der Waals surface area (Å²) in [7, 11) is 0. The Hall–Kier alpha value is -8.93. The van der Waals surface area contributed by atoms with Crippen molar-refractivity contribution in [2.24, 2.45) is 0 Å². The molecule has 2 atom stereocenters. The van der Waals surface area contributed by atoms with E-state index in [-0.39, 0.29) is 12.0 Å². The second kappa shape index (κ2) is 16.5. The maximum Gasteiger partial charge on any atom is 0.164 e. The van der Waals surface area contributed by atoms with Crippen LogP contribution in [0, 0.1) is 0 Å². The van der Waals surface area contributed by atoms with E-state index in [9.17, 15) is 0 Å². The Labute approximate surface area is 395 Å². The summed E-state index contributed by atoms with van der Waals surface area (Å²) >= 11 is 0. The van der Waals surface area contributed by atoms with Crippen LogP contribution in [-0.2, 0) is 0 Å². The van der Waals surface area contributed by atoms with E-state index in [1.165, 1.54) is 39.1 Å². The molecule has 9 aromatic carbocycles. The summed E-state index contributed by atoms with van der Waals surface area (Å²) < 4.78 is 6.69. The Balaban J connectivity index is 0.896. The van der Waals surface area contributed by atoms with Crippen LogP contribution < -0.4 is 4.90 Å². The van der Waals surface area contributed by atoms with Crippen LogP contribution in [0.5, 0.6) is 0 Å². The van der Waals surface area contributed by atoms with Gasteiger partial charge in [-0.3, -0.25) is 0 Å². The van der Waals surface area contributed by atoms with Crippen molar-refractivity contribution in [2.75, 3.05) is 4.90 Å². The summed E-state index contributed by atoms with van der Waals surface area (Å²) in [5.41, 5.74) is 17.7. The maximum absolute atomic E-state index is 6.69. The minimum Gasteiger partial charge on any atom is -0.456 e. The van der Waals surface area contributed by atoms with Crippen molar-refractivity contribution in [3.63, 3.8) is 0 Å². The second-order valence-electron chi connectivity index (χ2n) is 17.5. The van der Waals surface area contributed by atoms with Crippen LogP contribution in [0.15, 0.2) is 241 Å². The van der Waals surface area contributed by atoms with E-state index in [0.29, 0.717) is 17.5 Å². The number of hydrogen-bond acceptors (Lipinski definition) is 5. The van der Waals surface area contributed by atoms with Crippen molar-refractivity contribution in [1.29, 1.82) is 0 Å². The zero-order chi connectivity index (χ0) is 45.0. The van der Waals surface area contributed by atoms with Crippen LogP contribution in [0.4, 0.5) is 11.4 Å². The van der Waals surface area contributed by atoms with Gasteiger partial charge in [-0.2, -0.15) is 0 Å². The SMILES string of the molecule is C1=CC2C(c3ccccc3N2c2cccc(-c3ccc(-c4ccccc4)cc3)c2)c2c1oc1ccc(-c3nc(-c4ccc(-c5ccccc5)cc4)nc(-c4cccc(-c5ccccc5)c4)n3)cc21. The smallest absolute Gasteiger partial charge is 0.164 e. The quantitative estimate of drug-likeness (QED) is 0.152. The van der Waals surface area contributed by atoms with Gasteiger partial charge in [0, 0.05) is 44.9 Å². The summed E-state index contributed by atoms with van der Waals surface area (Å²) in [5, 5.41) is 1.06. The molecule has 2 unspecified atom stereocenters. The van der Waals surface area contributed by atoms with Gasteiger partial charge in [0.25, 0.3) is 0 Å². The summed E-state index contributed by atoms with van der Waals surface area (Å²) in [4.78, 5) is 18.1. The van der Waals surface area contributed by atoms with Gasteiger partial charge in [-0.05, 0) is 98.6 Å². The van der Waals surface area contributed by atoms with Crippen LogP contribution in [0.3, 0.4) is 0 Å². The molecular weight excluding hydrogens is 829 g/mol. The monoisotopic (exact) mass is 870 g/mol. The van der Waals surface area contributed by atoms with Crippen molar-refractivity contribution in [3.8, 4) is 78.7 Å². The van der Waals surface area contributed by atoms with Gasteiger partial charge in [0.05, 0.1) is 6.04 Å². The van der Waals surface area contributed by atoms with Crippen molar-refractivity contribution < 1.29 is 4.42 Å². The van der Waals surface area contributed by atoms with E-state index in [0.717, 1.165) is 61.4 Å². The molecule has 5 heteroatoms. The molecule has 1 aliphatic carbocycles. The normalized spacial score (nSPS) is 14.7. The number of aromatic nitrogens is 3. The van der Waals surface area contributed by atoms with Gasteiger partial charge >= 0.3 is 0 Å². The number of rotatable bonds is 8. The number of benzene rings is 9. The highest BCUT2D eigenvalue weighted by Crippen LogP contribution is 2.54. The molecule has 13 rings (SSSR count). The third kappa shape index (κ3) is 7.00. The number of anilines is 2. The average molecular weight is 871 g/mol. The lowest BCUT2D eigenvalue weighted by atomic mass is 9.82. The molecule has 11 aromatic rings. The Bertz CT molecular complexity index is 3680. The molecule has 0 fully saturated rings. The largest absolute Gasteiger partial charge is 0.456 e. The Morgan fingerprint density at radius 1 is 0.368 bits per heavy atom. The molecule has 68 heavy (non-hydrogen) atoms. The fourth-order valence-corrected chi connectivity index (χ4v) is 10.2. The summed E-state index contributed by atoms with van der Waals surface area (Å²) in [6, 6.07) is 81.4. The molecule has 0 saturated carbocycles. The van der Waals surface area contributed by atoms with Crippen molar-refractivity contribution in [3.05, 3.63) is 253 Å². The first-order valence-corrected chi connectivity index (χ1v) is 23.2. The summed E-state index contributed by atoms with van der Waals surface area (Å²) in [5.74, 6) is 2.74. The first kappa shape index (κ1) is 39.4. The Kier molecular flexibility index (Phi) is 9.57. The molecular formula is C63H42N4O. The van der Waals surface area contributed by atoms with Crippen LogP contribution in [-0.4, -0.2) is 21.0 Å². The summed E-state index contributed by atoms with van der Waals surface area (Å²) in [6.45, 7) is 0. The third-order valence-corrected chi connectivity index (χ3v) is 13.5. The molecule has 5 nitrogen and oxygen atoms in total. The first-order chi connectivity index (χ1) is 33.7. The highest BCUT2D eigenvalue weighted by Gasteiger charge is 2.43. The molecule has 0 amide bonds. The van der Waals surface area contributed by atoms with Gasteiger partial charge in [-0.1, -0.05) is 194 Å². The molecule has 320 valence electrons. The van der Waals surface area contributed by atoms with E-state index in [2.05, 4.69) is 235 Å². The molecule has 0 N–H and O–H groups in total. The minimum absolute atomic E-state index is 0.0323. The van der Waals surface area contributed by atoms with Crippen molar-refractivity contribution in [1.82, 2.24) is 15.0 Å². The first-order valence-electron chi connectivity index (χ1n) is 23.2. The zero-order valence-corrected chi connectivity index (χ0v) is 36.9. The van der Waals surface area contributed by atoms with Crippen molar-refractivity contribution >= 4 is 28.4 Å². The average Bonchev–Trinajstić information content (AvgIpc) is 3.97. The second-order valence-corrected chi connectivity index (χ2v) is 17.5. The number of para-hydroxylation sites is 1. The van der Waals surface area contributed by atoms with Gasteiger partial charge in [-0.25, -0.2) is 15.0 Å². The van der Waals surface area contributed by atoms with Crippen molar-refractivity contribution in [2.45, 2.75) is 12.0 Å². The predicted molar refractivity (Wildman–Crippen MR) is 277 cm³/mol. The Morgan fingerprint density at radius 3 is 1.47 bits per heavy atom. The Morgan fingerprint density at radius 2 is 0.824 bits per heavy atom. The highest BCUT2D eigenvalue weighted by atomic mass is 16.3. The summed E-state index contributed by atoms with van der Waals surface area (Å²) in [6.07, 6.45) is 4.48. The molecule has 0 spiro atoms. The van der Waals surface area contributed by atoms with Crippen LogP contribution in [0.1, 0.15) is 22.8 Å². The molecule has 3 heterocycles. The molecule has 0 saturated heterocycles. The fourth-order valence-electron chi connectivity index (χ4n) is 10.2. The molecule has 2 aliphatic rings. The lowest BCUT2D eigenvalue weighted by Crippen LogP contribution is -2.30. The highest BCUT2D eigenvalue weighted by molar-refractivity contribution is 5.93. The van der Waals surface area contributed by atoms with Gasteiger partial charge < -0.3 is 9.32 Å². The topological polar surface area (TPSA) is 55.1 Å². The number of furan rings is 1. The van der Waals surface area contributed by atoms with Gasteiger partial charge in [0.15, 0.2) is 17.5 Å². The number of hydrogen-bond donors (Lipinski definition) is 0. The van der Waals surface area contributed by atoms with Gasteiger partial charge in [0.2, 0.25) is 0 Å². The molecule has 0 bridgehead atoms. The lowest BCUT2D eigenvalue weighted by Gasteiger charge is -2.30. The van der Waals surface area contributed by atoms with E-state index in [1.807, 2.05) is 12.1 Å². The van der Waals surface area contributed by atoms with E-state index in [1.54, 1.807) is 0 Å².